The number of carbonyl (C=O) groups is 2. The maximum absolute atomic E-state index is 12.9. The van der Waals surface area contributed by atoms with Gasteiger partial charge in [0.05, 0.1) is 24.3 Å². The Morgan fingerprint density at radius 2 is 2.03 bits per heavy atom. The smallest absolute Gasteiger partial charge is 0.298 e. The molecule has 1 fully saturated rings. The molecule has 2 amide bonds. The van der Waals surface area contributed by atoms with Gasteiger partial charge in [0.25, 0.3) is 11.1 Å². The standard InChI is InChI=1S/C22H20ClNO4S/c1-4-7-15-10-14(11-18(28-5-2)20(15)27-3)12-19-21(25)24(22(26)29-19)17-9-6-8-16(23)13-17/h4,6,8-13H,1,5,7H2,2-3H3/b19-12-. The summed E-state index contributed by atoms with van der Waals surface area (Å²) in [7, 11) is 1.58. The summed E-state index contributed by atoms with van der Waals surface area (Å²) in [4.78, 5) is 26.8. The molecule has 2 aromatic rings. The van der Waals surface area contributed by atoms with E-state index >= 15 is 0 Å². The average molecular weight is 430 g/mol. The summed E-state index contributed by atoms with van der Waals surface area (Å²) in [5.74, 6) is 0.826. The molecular weight excluding hydrogens is 410 g/mol. The molecule has 0 atom stereocenters. The molecule has 1 aliphatic rings. The third-order valence-corrected chi connectivity index (χ3v) is 5.28. The van der Waals surface area contributed by atoms with Crippen LogP contribution in [-0.4, -0.2) is 24.9 Å². The van der Waals surface area contributed by atoms with E-state index < -0.39 is 0 Å². The molecule has 0 saturated carbocycles. The number of benzene rings is 2. The Morgan fingerprint density at radius 3 is 2.69 bits per heavy atom. The molecule has 0 unspecified atom stereocenters. The number of allylic oxidation sites excluding steroid dienone is 1. The molecule has 2 aromatic carbocycles. The normalized spacial score (nSPS) is 15.1. The number of rotatable bonds is 7. The van der Waals surface area contributed by atoms with E-state index in [4.69, 9.17) is 21.1 Å². The molecule has 0 radical (unpaired) electrons. The van der Waals surface area contributed by atoms with Crippen molar-refractivity contribution in [2.24, 2.45) is 0 Å². The van der Waals surface area contributed by atoms with Crippen molar-refractivity contribution in [3.63, 3.8) is 0 Å². The predicted octanol–water partition coefficient (Wildman–Crippen LogP) is 5.72. The molecule has 29 heavy (non-hydrogen) atoms. The minimum atomic E-state index is -0.388. The second-order valence-corrected chi connectivity index (χ2v) is 7.56. The van der Waals surface area contributed by atoms with E-state index in [1.807, 2.05) is 13.0 Å². The maximum atomic E-state index is 12.9. The van der Waals surface area contributed by atoms with Crippen molar-refractivity contribution in [2.45, 2.75) is 13.3 Å². The first-order valence-electron chi connectivity index (χ1n) is 8.96. The largest absolute Gasteiger partial charge is 0.493 e. The van der Waals surface area contributed by atoms with Crippen LogP contribution in [0.3, 0.4) is 0 Å². The van der Waals surface area contributed by atoms with Crippen LogP contribution in [0.15, 0.2) is 54.0 Å². The predicted molar refractivity (Wildman–Crippen MR) is 118 cm³/mol. The zero-order valence-corrected chi connectivity index (χ0v) is 17.7. The van der Waals surface area contributed by atoms with Crippen molar-refractivity contribution in [3.8, 4) is 11.5 Å². The number of amides is 2. The molecule has 0 N–H and O–H groups in total. The van der Waals surface area contributed by atoms with E-state index in [0.717, 1.165) is 27.8 Å². The third kappa shape index (κ3) is 4.49. The van der Waals surface area contributed by atoms with Crippen molar-refractivity contribution in [2.75, 3.05) is 18.6 Å². The van der Waals surface area contributed by atoms with Crippen LogP contribution in [0.5, 0.6) is 11.5 Å². The van der Waals surface area contributed by atoms with Crippen molar-refractivity contribution in [1.29, 1.82) is 0 Å². The van der Waals surface area contributed by atoms with Crippen molar-refractivity contribution >= 4 is 46.3 Å². The highest BCUT2D eigenvalue weighted by Crippen LogP contribution is 2.39. The van der Waals surface area contributed by atoms with E-state index in [2.05, 4.69) is 6.58 Å². The van der Waals surface area contributed by atoms with Gasteiger partial charge in [-0.1, -0.05) is 23.7 Å². The molecule has 0 bridgehead atoms. The molecule has 3 rings (SSSR count). The zero-order valence-electron chi connectivity index (χ0n) is 16.1. The van der Waals surface area contributed by atoms with Crippen LogP contribution in [-0.2, 0) is 11.2 Å². The summed E-state index contributed by atoms with van der Waals surface area (Å²) in [5, 5.41) is 0.0875. The Labute approximate surface area is 178 Å². The lowest BCUT2D eigenvalue weighted by atomic mass is 10.0. The number of imide groups is 1. The maximum Gasteiger partial charge on any atom is 0.298 e. The Morgan fingerprint density at radius 1 is 1.24 bits per heavy atom. The third-order valence-electron chi connectivity index (χ3n) is 4.18. The van der Waals surface area contributed by atoms with Crippen LogP contribution >= 0.6 is 23.4 Å². The minimum Gasteiger partial charge on any atom is -0.493 e. The number of nitrogens with zero attached hydrogens (tertiary/aromatic N) is 1. The number of anilines is 1. The Bertz CT molecular complexity index is 1000. The fourth-order valence-electron chi connectivity index (χ4n) is 3.03. The minimum absolute atomic E-state index is 0.326. The fourth-order valence-corrected chi connectivity index (χ4v) is 4.05. The van der Waals surface area contributed by atoms with Crippen LogP contribution in [0.4, 0.5) is 10.5 Å². The molecular formula is C22H20ClNO4S. The number of hydrogen-bond acceptors (Lipinski definition) is 5. The van der Waals surface area contributed by atoms with E-state index in [0.29, 0.717) is 40.1 Å². The Balaban J connectivity index is 2.00. The van der Waals surface area contributed by atoms with Gasteiger partial charge in [-0.05, 0) is 67.1 Å². The van der Waals surface area contributed by atoms with Crippen LogP contribution in [0, 0.1) is 0 Å². The number of thioether (sulfide) groups is 1. The molecule has 1 heterocycles. The molecule has 1 aliphatic heterocycles. The van der Waals surface area contributed by atoms with E-state index in [1.54, 1.807) is 49.6 Å². The van der Waals surface area contributed by atoms with Gasteiger partial charge >= 0.3 is 0 Å². The van der Waals surface area contributed by atoms with Gasteiger partial charge in [-0.15, -0.1) is 6.58 Å². The summed E-state index contributed by atoms with van der Waals surface area (Å²) in [6, 6.07) is 10.3. The second-order valence-electron chi connectivity index (χ2n) is 6.13. The molecule has 150 valence electrons. The first-order chi connectivity index (χ1) is 14.0. The molecule has 5 nitrogen and oxygen atoms in total. The lowest BCUT2D eigenvalue weighted by Crippen LogP contribution is -2.27. The van der Waals surface area contributed by atoms with Crippen LogP contribution in [0.2, 0.25) is 5.02 Å². The topological polar surface area (TPSA) is 55.8 Å². The molecule has 1 saturated heterocycles. The van der Waals surface area contributed by atoms with Gasteiger partial charge in [0.15, 0.2) is 11.5 Å². The number of halogens is 1. The number of methoxy groups -OCH3 is 1. The summed E-state index contributed by atoms with van der Waals surface area (Å²) >= 11 is 6.89. The van der Waals surface area contributed by atoms with E-state index in [9.17, 15) is 9.59 Å². The molecule has 0 spiro atoms. The highest BCUT2D eigenvalue weighted by atomic mass is 35.5. The molecule has 0 aromatic heterocycles. The quantitative estimate of drug-likeness (QED) is 0.416. The van der Waals surface area contributed by atoms with Gasteiger partial charge in [-0.3, -0.25) is 9.59 Å². The highest BCUT2D eigenvalue weighted by Gasteiger charge is 2.36. The lowest BCUT2D eigenvalue weighted by molar-refractivity contribution is -0.113. The van der Waals surface area contributed by atoms with Crippen LogP contribution < -0.4 is 14.4 Å². The highest BCUT2D eigenvalue weighted by molar-refractivity contribution is 8.19. The number of carbonyl (C=O) groups excluding carboxylic acids is 2. The lowest BCUT2D eigenvalue weighted by Gasteiger charge is -2.14. The SMILES string of the molecule is C=CCc1cc(/C=C2\SC(=O)N(c3cccc(Cl)c3)C2=O)cc(OCC)c1OC. The molecule has 7 heteroatoms. The first-order valence-corrected chi connectivity index (χ1v) is 10.2. The van der Waals surface area contributed by atoms with E-state index in [1.165, 1.54) is 0 Å². The van der Waals surface area contributed by atoms with Crippen LogP contribution in [0.25, 0.3) is 6.08 Å². The second kappa shape index (κ2) is 9.20. The van der Waals surface area contributed by atoms with Gasteiger partial charge in [0, 0.05) is 10.6 Å². The summed E-state index contributed by atoms with van der Waals surface area (Å²) in [5.41, 5.74) is 2.07. The van der Waals surface area contributed by atoms with Crippen molar-refractivity contribution < 1.29 is 19.1 Å². The summed E-state index contributed by atoms with van der Waals surface area (Å²) < 4.78 is 11.2. The number of hydrogen-bond donors (Lipinski definition) is 0. The molecule has 0 aliphatic carbocycles. The average Bonchev–Trinajstić information content (AvgIpc) is 2.95. The van der Waals surface area contributed by atoms with E-state index in [-0.39, 0.29) is 11.1 Å². The van der Waals surface area contributed by atoms with Gasteiger partial charge < -0.3 is 9.47 Å². The summed E-state index contributed by atoms with van der Waals surface area (Å²) in [6.07, 6.45) is 4.03. The van der Waals surface area contributed by atoms with Gasteiger partial charge in [0.1, 0.15) is 0 Å². The van der Waals surface area contributed by atoms with Gasteiger partial charge in [0.2, 0.25) is 0 Å². The summed E-state index contributed by atoms with van der Waals surface area (Å²) in [6.45, 7) is 6.14. The van der Waals surface area contributed by atoms with Gasteiger partial charge in [-0.25, -0.2) is 4.90 Å². The Hall–Kier alpha value is -2.70. The van der Waals surface area contributed by atoms with Crippen molar-refractivity contribution in [1.82, 2.24) is 0 Å². The fraction of sp³-hybridized carbons (Fsp3) is 0.182. The Kier molecular flexibility index (Phi) is 6.67. The number of ether oxygens (including phenoxy) is 2. The van der Waals surface area contributed by atoms with Gasteiger partial charge in [-0.2, -0.15) is 0 Å². The van der Waals surface area contributed by atoms with Crippen LogP contribution in [0.1, 0.15) is 18.1 Å². The zero-order chi connectivity index (χ0) is 21.0. The van der Waals surface area contributed by atoms with Crippen molar-refractivity contribution in [3.05, 3.63) is 70.1 Å². The first kappa shape index (κ1) is 21.0. The monoisotopic (exact) mass is 429 g/mol.